The Morgan fingerprint density at radius 2 is 2.00 bits per heavy atom. The first kappa shape index (κ1) is 15.3. The largest absolute Gasteiger partial charge is 0.342 e. The minimum absolute atomic E-state index is 0.000302. The zero-order valence-corrected chi connectivity index (χ0v) is 13.2. The van der Waals surface area contributed by atoms with E-state index in [1.807, 2.05) is 11.8 Å². The molecule has 2 fully saturated rings. The molecule has 2 rings (SSSR count). The lowest BCUT2D eigenvalue weighted by molar-refractivity contribution is -0.150. The maximum Gasteiger partial charge on any atom is 0.246 e. The average Bonchev–Trinajstić information content (AvgIpc) is 2.43. The molecule has 0 aromatic carbocycles. The molecule has 1 saturated heterocycles. The summed E-state index contributed by atoms with van der Waals surface area (Å²) in [4.78, 5) is 26.6. The lowest BCUT2D eigenvalue weighted by atomic mass is 9.76. The molecule has 2 amide bonds. The van der Waals surface area contributed by atoms with Crippen molar-refractivity contribution in [2.45, 2.75) is 65.5 Å². The molecule has 5 unspecified atom stereocenters. The Morgan fingerprint density at radius 3 is 2.65 bits per heavy atom. The molecule has 4 heteroatoms. The van der Waals surface area contributed by atoms with E-state index in [4.69, 9.17) is 0 Å². The number of carbonyl (C=O) groups excluding carboxylic acids is 2. The van der Waals surface area contributed by atoms with Crippen LogP contribution >= 0.6 is 0 Å². The van der Waals surface area contributed by atoms with Gasteiger partial charge in [-0.2, -0.15) is 0 Å². The van der Waals surface area contributed by atoms with Crippen LogP contribution in [0.2, 0.25) is 0 Å². The molecule has 4 nitrogen and oxygen atoms in total. The van der Waals surface area contributed by atoms with Crippen LogP contribution in [0, 0.1) is 17.8 Å². The number of hydrogen-bond acceptors (Lipinski definition) is 2. The minimum atomic E-state index is -0.328. The summed E-state index contributed by atoms with van der Waals surface area (Å²) in [5, 5.41) is 2.88. The summed E-state index contributed by atoms with van der Waals surface area (Å²) in [5.41, 5.74) is 0. The highest BCUT2D eigenvalue weighted by molar-refractivity contribution is 5.95. The van der Waals surface area contributed by atoms with E-state index in [2.05, 4.69) is 26.1 Å². The quantitative estimate of drug-likeness (QED) is 0.861. The summed E-state index contributed by atoms with van der Waals surface area (Å²) < 4.78 is 0. The highest BCUT2D eigenvalue weighted by Gasteiger charge is 2.41. The van der Waals surface area contributed by atoms with E-state index < -0.39 is 0 Å². The lowest BCUT2D eigenvalue weighted by Crippen LogP contribution is -2.64. The highest BCUT2D eigenvalue weighted by atomic mass is 16.2. The summed E-state index contributed by atoms with van der Waals surface area (Å²) in [5.74, 6) is 1.44. The summed E-state index contributed by atoms with van der Waals surface area (Å²) in [6.45, 7) is 8.84. The minimum Gasteiger partial charge on any atom is -0.342 e. The first-order valence-corrected chi connectivity index (χ1v) is 8.05. The molecule has 2 aliphatic rings. The van der Waals surface area contributed by atoms with Gasteiger partial charge in [0.25, 0.3) is 0 Å². The molecule has 1 aliphatic carbocycles. The van der Waals surface area contributed by atoms with Gasteiger partial charge in [-0.15, -0.1) is 0 Å². The molecule has 0 bridgehead atoms. The molecule has 1 aliphatic heterocycles. The van der Waals surface area contributed by atoms with E-state index in [1.165, 1.54) is 6.42 Å². The van der Waals surface area contributed by atoms with E-state index in [1.54, 1.807) is 0 Å². The molecular formula is C16H28N2O2. The molecule has 1 saturated carbocycles. The van der Waals surface area contributed by atoms with Crippen LogP contribution in [0.1, 0.15) is 53.4 Å². The number of nitrogens with zero attached hydrogens (tertiary/aromatic N) is 1. The molecule has 0 radical (unpaired) electrons. The lowest BCUT2D eigenvalue weighted by Gasteiger charge is -2.45. The third-order valence-corrected chi connectivity index (χ3v) is 5.46. The van der Waals surface area contributed by atoms with Crippen molar-refractivity contribution in [2.75, 3.05) is 6.54 Å². The topological polar surface area (TPSA) is 49.4 Å². The monoisotopic (exact) mass is 280 g/mol. The van der Waals surface area contributed by atoms with Gasteiger partial charge < -0.3 is 10.2 Å². The normalized spacial score (nSPS) is 36.7. The van der Waals surface area contributed by atoms with Crippen LogP contribution in [0.15, 0.2) is 0 Å². The van der Waals surface area contributed by atoms with Gasteiger partial charge in [-0.3, -0.25) is 9.59 Å². The van der Waals surface area contributed by atoms with Crippen LogP contribution in [0.5, 0.6) is 0 Å². The van der Waals surface area contributed by atoms with Crippen molar-refractivity contribution in [1.82, 2.24) is 10.2 Å². The molecule has 0 aromatic rings. The van der Waals surface area contributed by atoms with Gasteiger partial charge >= 0.3 is 0 Å². The van der Waals surface area contributed by atoms with Crippen molar-refractivity contribution in [2.24, 2.45) is 17.8 Å². The van der Waals surface area contributed by atoms with Crippen LogP contribution in [0.4, 0.5) is 0 Å². The van der Waals surface area contributed by atoms with Crippen molar-refractivity contribution in [3.05, 3.63) is 0 Å². The van der Waals surface area contributed by atoms with Crippen LogP contribution in [-0.4, -0.2) is 35.3 Å². The SMILES string of the molecule is CCC(C)C1NC(=O)CN(C2CCCC(C)C2C)C1=O. The first-order chi connectivity index (χ1) is 9.45. The van der Waals surface area contributed by atoms with Gasteiger partial charge in [0.1, 0.15) is 6.04 Å². The third kappa shape index (κ3) is 2.84. The smallest absolute Gasteiger partial charge is 0.246 e. The summed E-state index contributed by atoms with van der Waals surface area (Å²) >= 11 is 0. The highest BCUT2D eigenvalue weighted by Crippen LogP contribution is 2.34. The van der Waals surface area contributed by atoms with Gasteiger partial charge in [-0.05, 0) is 24.2 Å². The maximum atomic E-state index is 12.7. The predicted molar refractivity (Wildman–Crippen MR) is 79.1 cm³/mol. The molecule has 1 heterocycles. The number of piperazine rings is 1. The van der Waals surface area contributed by atoms with Crippen molar-refractivity contribution in [3.8, 4) is 0 Å². The van der Waals surface area contributed by atoms with Crippen LogP contribution < -0.4 is 5.32 Å². The molecular weight excluding hydrogens is 252 g/mol. The molecule has 0 spiro atoms. The number of amides is 2. The van der Waals surface area contributed by atoms with Gasteiger partial charge in [0.2, 0.25) is 11.8 Å². The fourth-order valence-corrected chi connectivity index (χ4v) is 3.59. The predicted octanol–water partition coefficient (Wildman–Crippen LogP) is 2.18. The summed E-state index contributed by atoms with van der Waals surface area (Å²) in [6.07, 6.45) is 4.34. The van der Waals surface area contributed by atoms with Crippen molar-refractivity contribution in [3.63, 3.8) is 0 Å². The first-order valence-electron chi connectivity index (χ1n) is 8.05. The van der Waals surface area contributed by atoms with E-state index in [-0.39, 0.29) is 36.4 Å². The van der Waals surface area contributed by atoms with E-state index in [0.29, 0.717) is 11.8 Å². The van der Waals surface area contributed by atoms with E-state index in [0.717, 1.165) is 19.3 Å². The molecule has 1 N–H and O–H groups in total. The van der Waals surface area contributed by atoms with Crippen molar-refractivity contribution >= 4 is 11.8 Å². The Labute approximate surface area is 122 Å². The zero-order chi connectivity index (χ0) is 14.9. The Morgan fingerprint density at radius 1 is 1.30 bits per heavy atom. The number of hydrogen-bond donors (Lipinski definition) is 1. The van der Waals surface area contributed by atoms with Gasteiger partial charge in [0.05, 0.1) is 6.54 Å². The summed E-state index contributed by atoms with van der Waals surface area (Å²) in [7, 11) is 0. The van der Waals surface area contributed by atoms with E-state index >= 15 is 0 Å². The Kier molecular flexibility index (Phi) is 4.71. The van der Waals surface area contributed by atoms with Gasteiger partial charge in [0.15, 0.2) is 0 Å². The Balaban J connectivity index is 2.17. The molecule has 114 valence electrons. The average molecular weight is 280 g/mol. The third-order valence-electron chi connectivity index (χ3n) is 5.46. The number of nitrogens with one attached hydrogen (secondary N) is 1. The van der Waals surface area contributed by atoms with Gasteiger partial charge in [-0.1, -0.05) is 47.0 Å². The number of rotatable bonds is 3. The standard InChI is InChI=1S/C16H28N2O2/c1-5-10(2)15-16(20)18(9-14(19)17-15)13-8-6-7-11(3)12(13)4/h10-13,15H,5-9H2,1-4H3,(H,17,19). The molecule has 20 heavy (non-hydrogen) atoms. The van der Waals surface area contributed by atoms with Crippen LogP contribution in [-0.2, 0) is 9.59 Å². The fraction of sp³-hybridized carbons (Fsp3) is 0.875. The second kappa shape index (κ2) is 6.15. The second-order valence-electron chi connectivity index (χ2n) is 6.73. The Hall–Kier alpha value is -1.06. The van der Waals surface area contributed by atoms with Crippen molar-refractivity contribution in [1.29, 1.82) is 0 Å². The second-order valence-corrected chi connectivity index (χ2v) is 6.73. The Bertz CT molecular complexity index is 383. The fourth-order valence-electron chi connectivity index (χ4n) is 3.59. The number of carbonyl (C=O) groups is 2. The maximum absolute atomic E-state index is 12.7. The molecule has 5 atom stereocenters. The summed E-state index contributed by atoms with van der Waals surface area (Å²) in [6, 6.07) is -0.0884. The van der Waals surface area contributed by atoms with Crippen LogP contribution in [0.3, 0.4) is 0 Å². The van der Waals surface area contributed by atoms with Gasteiger partial charge in [-0.25, -0.2) is 0 Å². The van der Waals surface area contributed by atoms with Crippen molar-refractivity contribution < 1.29 is 9.59 Å². The van der Waals surface area contributed by atoms with E-state index in [9.17, 15) is 9.59 Å². The van der Waals surface area contributed by atoms with Gasteiger partial charge in [0, 0.05) is 6.04 Å². The zero-order valence-electron chi connectivity index (χ0n) is 13.2. The van der Waals surface area contributed by atoms with Crippen LogP contribution in [0.25, 0.3) is 0 Å². The molecule has 0 aromatic heterocycles.